The highest BCUT2D eigenvalue weighted by atomic mass is 16.5. The Balaban J connectivity index is 1.60. The number of aromatic nitrogens is 2. The standard InChI is InChI=1S/C19H28N6O/c1-15-13-18(20-7-8-25-9-11-26-12-10-25)23-19(21-15)22-16-5-4-6-17(14-16)24(2)3/h4-6,13-14H,7-12H2,1-3H3,(H2,20,21,22,23). The lowest BCUT2D eigenvalue weighted by atomic mass is 10.2. The van der Waals surface area contributed by atoms with Crippen LogP contribution >= 0.6 is 0 Å². The number of benzene rings is 1. The molecule has 0 radical (unpaired) electrons. The van der Waals surface area contributed by atoms with E-state index in [4.69, 9.17) is 4.74 Å². The van der Waals surface area contributed by atoms with E-state index in [-0.39, 0.29) is 0 Å². The van der Waals surface area contributed by atoms with E-state index in [1.54, 1.807) is 0 Å². The van der Waals surface area contributed by atoms with Gasteiger partial charge in [-0.15, -0.1) is 0 Å². The van der Waals surface area contributed by atoms with Crippen molar-refractivity contribution in [2.24, 2.45) is 0 Å². The minimum absolute atomic E-state index is 0.606. The molecule has 0 aliphatic carbocycles. The molecule has 1 aliphatic heterocycles. The van der Waals surface area contributed by atoms with Crippen LogP contribution in [0.5, 0.6) is 0 Å². The molecule has 0 spiro atoms. The highest BCUT2D eigenvalue weighted by Crippen LogP contribution is 2.20. The molecule has 7 heteroatoms. The number of hydrogen-bond donors (Lipinski definition) is 2. The van der Waals surface area contributed by atoms with Crippen molar-refractivity contribution in [3.05, 3.63) is 36.0 Å². The van der Waals surface area contributed by atoms with E-state index >= 15 is 0 Å². The van der Waals surface area contributed by atoms with Crippen LogP contribution in [0.3, 0.4) is 0 Å². The summed E-state index contributed by atoms with van der Waals surface area (Å²) >= 11 is 0. The fraction of sp³-hybridized carbons (Fsp3) is 0.474. The second-order valence-corrected chi connectivity index (χ2v) is 6.67. The van der Waals surface area contributed by atoms with E-state index < -0.39 is 0 Å². The van der Waals surface area contributed by atoms with Crippen LogP contribution in [0.4, 0.5) is 23.1 Å². The van der Waals surface area contributed by atoms with Gasteiger partial charge in [-0.05, 0) is 25.1 Å². The van der Waals surface area contributed by atoms with Crippen LogP contribution in [0.1, 0.15) is 5.69 Å². The number of nitrogens with one attached hydrogen (secondary N) is 2. The summed E-state index contributed by atoms with van der Waals surface area (Å²) in [6.45, 7) is 7.47. The van der Waals surface area contributed by atoms with Crippen molar-refractivity contribution in [1.82, 2.24) is 14.9 Å². The second-order valence-electron chi connectivity index (χ2n) is 6.67. The van der Waals surface area contributed by atoms with Gasteiger partial charge < -0.3 is 20.3 Å². The van der Waals surface area contributed by atoms with Crippen LogP contribution in [0.2, 0.25) is 0 Å². The van der Waals surface area contributed by atoms with Gasteiger partial charge in [0.05, 0.1) is 13.2 Å². The Morgan fingerprint density at radius 2 is 1.96 bits per heavy atom. The van der Waals surface area contributed by atoms with E-state index in [1.807, 2.05) is 39.2 Å². The van der Waals surface area contributed by atoms with Gasteiger partial charge in [0.15, 0.2) is 0 Å². The fourth-order valence-electron chi connectivity index (χ4n) is 2.87. The zero-order valence-corrected chi connectivity index (χ0v) is 15.8. The van der Waals surface area contributed by atoms with Crippen molar-refractivity contribution in [2.75, 3.05) is 69.0 Å². The molecule has 2 N–H and O–H groups in total. The van der Waals surface area contributed by atoms with Crippen LogP contribution in [0.15, 0.2) is 30.3 Å². The van der Waals surface area contributed by atoms with E-state index in [1.165, 1.54) is 0 Å². The maximum absolute atomic E-state index is 5.38. The molecule has 1 aliphatic rings. The molecular weight excluding hydrogens is 328 g/mol. The number of aryl methyl sites for hydroxylation is 1. The normalized spacial score (nSPS) is 14.9. The summed E-state index contributed by atoms with van der Waals surface area (Å²) in [6, 6.07) is 10.2. The molecule has 26 heavy (non-hydrogen) atoms. The third-order valence-corrected chi connectivity index (χ3v) is 4.31. The highest BCUT2D eigenvalue weighted by Gasteiger charge is 2.10. The van der Waals surface area contributed by atoms with Crippen molar-refractivity contribution in [3.63, 3.8) is 0 Å². The first kappa shape index (κ1) is 18.4. The van der Waals surface area contributed by atoms with E-state index in [0.29, 0.717) is 5.95 Å². The predicted octanol–water partition coefficient (Wildman–Crippen LogP) is 2.34. The quantitative estimate of drug-likeness (QED) is 0.789. The molecule has 1 saturated heterocycles. The molecule has 0 unspecified atom stereocenters. The van der Waals surface area contributed by atoms with E-state index in [9.17, 15) is 0 Å². The summed E-state index contributed by atoms with van der Waals surface area (Å²) in [5.74, 6) is 1.45. The summed E-state index contributed by atoms with van der Waals surface area (Å²) in [5, 5.41) is 6.71. The topological polar surface area (TPSA) is 65.6 Å². The number of ether oxygens (including phenoxy) is 1. The fourth-order valence-corrected chi connectivity index (χ4v) is 2.87. The summed E-state index contributed by atoms with van der Waals surface area (Å²) in [5.41, 5.74) is 3.03. The third-order valence-electron chi connectivity index (χ3n) is 4.31. The van der Waals surface area contributed by atoms with Gasteiger partial charge in [-0.25, -0.2) is 4.98 Å². The third kappa shape index (κ3) is 5.31. The molecule has 0 saturated carbocycles. The lowest BCUT2D eigenvalue weighted by Gasteiger charge is -2.26. The Hall–Kier alpha value is -2.38. The molecule has 2 aromatic rings. The highest BCUT2D eigenvalue weighted by molar-refractivity contribution is 5.62. The molecule has 7 nitrogen and oxygen atoms in total. The number of morpholine rings is 1. The number of rotatable bonds is 7. The zero-order chi connectivity index (χ0) is 18.4. The Bertz CT molecular complexity index is 715. The lowest BCUT2D eigenvalue weighted by molar-refractivity contribution is 0.0398. The van der Waals surface area contributed by atoms with E-state index in [2.05, 4.69) is 42.5 Å². The Morgan fingerprint density at radius 3 is 2.73 bits per heavy atom. The number of hydrogen-bond acceptors (Lipinski definition) is 7. The van der Waals surface area contributed by atoms with Gasteiger partial charge in [0, 0.05) is 63.4 Å². The molecule has 1 aromatic heterocycles. The van der Waals surface area contributed by atoms with Crippen molar-refractivity contribution >= 4 is 23.1 Å². The van der Waals surface area contributed by atoms with Crippen LogP contribution in [-0.2, 0) is 4.74 Å². The first-order valence-electron chi connectivity index (χ1n) is 9.04. The molecular formula is C19H28N6O. The van der Waals surface area contributed by atoms with Crippen LogP contribution < -0.4 is 15.5 Å². The molecule has 0 bridgehead atoms. The maximum Gasteiger partial charge on any atom is 0.229 e. The second kappa shape index (κ2) is 8.82. The van der Waals surface area contributed by atoms with Gasteiger partial charge >= 0.3 is 0 Å². The molecule has 1 fully saturated rings. The van der Waals surface area contributed by atoms with Gasteiger partial charge in [0.1, 0.15) is 5.82 Å². The predicted molar refractivity (Wildman–Crippen MR) is 107 cm³/mol. The minimum Gasteiger partial charge on any atom is -0.379 e. The lowest BCUT2D eigenvalue weighted by Crippen LogP contribution is -2.39. The van der Waals surface area contributed by atoms with Gasteiger partial charge in [0.2, 0.25) is 5.95 Å². The average molecular weight is 356 g/mol. The molecule has 3 rings (SSSR count). The van der Waals surface area contributed by atoms with Crippen LogP contribution in [-0.4, -0.2) is 68.4 Å². The molecule has 2 heterocycles. The molecule has 0 amide bonds. The van der Waals surface area contributed by atoms with Crippen molar-refractivity contribution in [1.29, 1.82) is 0 Å². The number of nitrogens with zero attached hydrogens (tertiary/aromatic N) is 4. The Labute approximate surface area is 155 Å². The SMILES string of the molecule is Cc1cc(NCCN2CCOCC2)nc(Nc2cccc(N(C)C)c2)n1. The van der Waals surface area contributed by atoms with Crippen LogP contribution in [0.25, 0.3) is 0 Å². The largest absolute Gasteiger partial charge is 0.379 e. The molecule has 140 valence electrons. The first-order valence-corrected chi connectivity index (χ1v) is 9.04. The van der Waals surface area contributed by atoms with Crippen molar-refractivity contribution < 1.29 is 4.74 Å². The monoisotopic (exact) mass is 356 g/mol. The summed E-state index contributed by atoms with van der Waals surface area (Å²) < 4.78 is 5.38. The van der Waals surface area contributed by atoms with Gasteiger partial charge in [-0.3, -0.25) is 4.90 Å². The minimum atomic E-state index is 0.606. The maximum atomic E-state index is 5.38. The van der Waals surface area contributed by atoms with Gasteiger partial charge in [-0.1, -0.05) is 6.07 Å². The molecule has 1 aromatic carbocycles. The summed E-state index contributed by atoms with van der Waals surface area (Å²) in [4.78, 5) is 13.6. The molecule has 0 atom stereocenters. The van der Waals surface area contributed by atoms with Crippen molar-refractivity contribution in [3.8, 4) is 0 Å². The van der Waals surface area contributed by atoms with Crippen molar-refractivity contribution in [2.45, 2.75) is 6.92 Å². The number of anilines is 4. The average Bonchev–Trinajstić information content (AvgIpc) is 2.62. The van der Waals surface area contributed by atoms with Gasteiger partial charge in [0.25, 0.3) is 0 Å². The first-order chi connectivity index (χ1) is 12.6. The Kier molecular flexibility index (Phi) is 6.25. The van der Waals surface area contributed by atoms with Crippen LogP contribution in [0, 0.1) is 6.92 Å². The Morgan fingerprint density at radius 1 is 1.15 bits per heavy atom. The zero-order valence-electron chi connectivity index (χ0n) is 15.8. The van der Waals surface area contributed by atoms with E-state index in [0.717, 1.165) is 62.3 Å². The smallest absolute Gasteiger partial charge is 0.229 e. The summed E-state index contributed by atoms with van der Waals surface area (Å²) in [6.07, 6.45) is 0. The summed E-state index contributed by atoms with van der Waals surface area (Å²) in [7, 11) is 4.05. The van der Waals surface area contributed by atoms with Gasteiger partial charge in [-0.2, -0.15) is 4.98 Å².